The topological polar surface area (TPSA) is 45.2 Å². The number of aromatic nitrogens is 1. The van der Waals surface area contributed by atoms with Crippen molar-refractivity contribution in [2.75, 3.05) is 19.6 Å². The maximum absolute atomic E-state index is 13.4. The Balaban J connectivity index is 1.27. The molecule has 2 heterocycles. The number of likely N-dealkylation sites (tertiary alicyclic amines) is 1. The number of carbonyl (C=O) groups excluding carboxylic acids is 1. The molecule has 0 bridgehead atoms. The average Bonchev–Trinajstić information content (AvgIpc) is 3.30. The molecular formula is C30H28F3N3O. The summed E-state index contributed by atoms with van der Waals surface area (Å²) >= 11 is 0. The molecule has 0 spiro atoms. The van der Waals surface area contributed by atoms with Crippen LogP contribution in [0.25, 0.3) is 22.2 Å². The van der Waals surface area contributed by atoms with E-state index in [0.717, 1.165) is 42.9 Å². The molecule has 1 aromatic heterocycles. The number of fused-ring (bicyclic) bond motifs is 2. The van der Waals surface area contributed by atoms with Gasteiger partial charge in [-0.25, -0.2) is 4.98 Å². The first kappa shape index (κ1) is 23.9. The van der Waals surface area contributed by atoms with E-state index in [9.17, 15) is 18.0 Å². The summed E-state index contributed by atoms with van der Waals surface area (Å²) in [7, 11) is 0. The van der Waals surface area contributed by atoms with Gasteiger partial charge in [-0.2, -0.15) is 13.2 Å². The summed E-state index contributed by atoms with van der Waals surface area (Å²) in [5.41, 5.74) is 3.27. The number of carbonyl (C=O) groups is 1. The first-order valence-electron chi connectivity index (χ1n) is 12.8. The third-order valence-corrected chi connectivity index (χ3v) is 7.96. The fourth-order valence-electron chi connectivity index (χ4n) is 5.95. The van der Waals surface area contributed by atoms with Gasteiger partial charge in [0.2, 0.25) is 0 Å². The summed E-state index contributed by atoms with van der Waals surface area (Å²) in [6.45, 7) is 5.56. The van der Waals surface area contributed by atoms with Crippen molar-refractivity contribution in [1.29, 1.82) is 0 Å². The lowest BCUT2D eigenvalue weighted by Crippen LogP contribution is -2.27. The minimum atomic E-state index is -4.44. The monoisotopic (exact) mass is 503 g/mol. The number of amides is 1. The molecule has 2 aliphatic carbocycles. The molecule has 3 unspecified atom stereocenters. The van der Waals surface area contributed by atoms with Crippen LogP contribution >= 0.6 is 0 Å². The van der Waals surface area contributed by atoms with E-state index in [2.05, 4.69) is 28.2 Å². The van der Waals surface area contributed by atoms with Gasteiger partial charge in [-0.3, -0.25) is 9.69 Å². The summed E-state index contributed by atoms with van der Waals surface area (Å²) in [4.78, 5) is 20.6. The van der Waals surface area contributed by atoms with E-state index in [1.165, 1.54) is 24.5 Å². The molecule has 2 fully saturated rings. The summed E-state index contributed by atoms with van der Waals surface area (Å²) in [6, 6.07) is 13.9. The molecule has 1 saturated carbocycles. The number of allylic oxidation sites excluding steroid dienone is 3. The van der Waals surface area contributed by atoms with Crippen LogP contribution in [0.1, 0.15) is 35.7 Å². The van der Waals surface area contributed by atoms with E-state index >= 15 is 0 Å². The van der Waals surface area contributed by atoms with Crippen LogP contribution in [0, 0.1) is 17.8 Å². The summed E-state index contributed by atoms with van der Waals surface area (Å²) in [6.07, 6.45) is 2.31. The Hall–Kier alpha value is -3.45. The summed E-state index contributed by atoms with van der Waals surface area (Å²) in [5, 5.41) is 3.88. The lowest BCUT2D eigenvalue weighted by atomic mass is 10.0. The highest BCUT2D eigenvalue weighted by Gasteiger charge is 2.52. The van der Waals surface area contributed by atoms with Crippen LogP contribution in [0.5, 0.6) is 0 Å². The van der Waals surface area contributed by atoms with E-state index in [1.54, 1.807) is 30.3 Å². The number of benzene rings is 2. The number of hydrogen-bond donors (Lipinski definition) is 1. The molecule has 3 aliphatic rings. The fourth-order valence-corrected chi connectivity index (χ4v) is 5.95. The largest absolute Gasteiger partial charge is 0.416 e. The van der Waals surface area contributed by atoms with Crippen molar-refractivity contribution in [3.63, 3.8) is 0 Å². The minimum absolute atomic E-state index is 0.250. The minimum Gasteiger partial charge on any atom is -0.325 e. The second kappa shape index (κ2) is 9.14. The molecule has 6 rings (SSSR count). The van der Waals surface area contributed by atoms with Crippen molar-refractivity contribution in [3.8, 4) is 11.3 Å². The summed E-state index contributed by atoms with van der Waals surface area (Å²) in [5.74, 6) is 1.02. The van der Waals surface area contributed by atoms with Gasteiger partial charge in [0.1, 0.15) is 0 Å². The number of nitrogens with one attached hydrogen (secondary N) is 1. The normalized spacial score (nSPS) is 23.4. The molecule has 4 nitrogen and oxygen atoms in total. The van der Waals surface area contributed by atoms with Gasteiger partial charge in [-0.15, -0.1) is 0 Å². The Morgan fingerprint density at radius 3 is 2.59 bits per heavy atom. The lowest BCUT2D eigenvalue weighted by molar-refractivity contribution is -0.137. The number of alkyl halides is 3. The Morgan fingerprint density at radius 1 is 1.03 bits per heavy atom. The molecule has 3 atom stereocenters. The van der Waals surface area contributed by atoms with Gasteiger partial charge >= 0.3 is 6.18 Å². The molecule has 190 valence electrons. The Bertz CT molecular complexity index is 1440. The van der Waals surface area contributed by atoms with Gasteiger partial charge < -0.3 is 5.32 Å². The second-order valence-electron chi connectivity index (χ2n) is 10.4. The van der Waals surface area contributed by atoms with Crippen LogP contribution in [0.3, 0.4) is 0 Å². The zero-order valence-corrected chi connectivity index (χ0v) is 20.6. The molecule has 1 saturated heterocycles. The molecule has 1 N–H and O–H groups in total. The highest BCUT2D eigenvalue weighted by Crippen LogP contribution is 2.56. The lowest BCUT2D eigenvalue weighted by Gasteiger charge is -2.20. The smallest absolute Gasteiger partial charge is 0.325 e. The van der Waals surface area contributed by atoms with Gasteiger partial charge in [-0.1, -0.05) is 48.9 Å². The predicted octanol–water partition coefficient (Wildman–Crippen LogP) is 6.45. The molecule has 0 radical (unpaired) electrons. The van der Waals surface area contributed by atoms with Gasteiger partial charge in [0, 0.05) is 29.1 Å². The van der Waals surface area contributed by atoms with Crippen molar-refractivity contribution in [2.45, 2.75) is 25.9 Å². The molecular weight excluding hydrogens is 475 g/mol. The van der Waals surface area contributed by atoms with Crippen LogP contribution in [-0.4, -0.2) is 35.4 Å². The van der Waals surface area contributed by atoms with Crippen LogP contribution in [0.2, 0.25) is 0 Å². The van der Waals surface area contributed by atoms with Gasteiger partial charge in [0.15, 0.2) is 0 Å². The zero-order chi connectivity index (χ0) is 25.7. The average molecular weight is 504 g/mol. The maximum Gasteiger partial charge on any atom is 0.416 e. The number of nitrogens with zero attached hydrogens (tertiary/aromatic N) is 2. The van der Waals surface area contributed by atoms with E-state index in [0.29, 0.717) is 40.1 Å². The van der Waals surface area contributed by atoms with Crippen LogP contribution in [0.4, 0.5) is 13.2 Å². The Labute approximate surface area is 213 Å². The number of halogens is 3. The number of hydrogen-bond acceptors (Lipinski definition) is 3. The first-order valence-corrected chi connectivity index (χ1v) is 12.8. The Morgan fingerprint density at radius 2 is 1.81 bits per heavy atom. The van der Waals surface area contributed by atoms with Crippen molar-refractivity contribution in [2.24, 2.45) is 17.8 Å². The van der Waals surface area contributed by atoms with E-state index in [-0.39, 0.29) is 5.91 Å². The van der Waals surface area contributed by atoms with Crippen LogP contribution < -0.4 is 5.32 Å². The summed E-state index contributed by atoms with van der Waals surface area (Å²) < 4.78 is 39.7. The third-order valence-electron chi connectivity index (χ3n) is 7.96. The molecule has 7 heteroatoms. The molecule has 1 amide bonds. The highest BCUT2D eigenvalue weighted by molar-refractivity contribution is 6.06. The number of pyridine rings is 1. The van der Waals surface area contributed by atoms with Gasteiger partial charge in [-0.05, 0) is 68.1 Å². The molecule has 3 aromatic rings. The highest BCUT2D eigenvalue weighted by atomic mass is 19.4. The van der Waals surface area contributed by atoms with Crippen LogP contribution in [0.15, 0.2) is 78.0 Å². The number of rotatable bonds is 5. The van der Waals surface area contributed by atoms with E-state index < -0.39 is 11.7 Å². The van der Waals surface area contributed by atoms with Gasteiger partial charge in [0.25, 0.3) is 5.91 Å². The first-order chi connectivity index (χ1) is 17.8. The van der Waals surface area contributed by atoms with E-state index in [4.69, 9.17) is 0 Å². The third kappa shape index (κ3) is 4.57. The predicted molar refractivity (Wildman–Crippen MR) is 138 cm³/mol. The zero-order valence-electron chi connectivity index (χ0n) is 20.6. The van der Waals surface area contributed by atoms with Gasteiger partial charge in [0.05, 0.1) is 22.3 Å². The molecule has 2 aromatic carbocycles. The standard InChI is InChI=1S/C30H28F3N3O/c1-18-26-21(17-36-14-2-3-15-36)11-13-25(27(18)26)35-29(37)23-9-5-6-19-10-12-24(34-28(19)23)20-7-4-8-22(16-20)30(31,32)33/h4-13,16,18,26-27H,2-3,14-15,17H2,1H3,(H,35,37). The fraction of sp³-hybridized carbons (Fsp3) is 0.333. The molecule has 37 heavy (non-hydrogen) atoms. The maximum atomic E-state index is 13.4. The number of para-hydroxylation sites is 1. The van der Waals surface area contributed by atoms with Crippen molar-refractivity contribution < 1.29 is 18.0 Å². The second-order valence-corrected chi connectivity index (χ2v) is 10.4. The SMILES string of the molecule is CC1C2C(CN3CCCC3)=CC=C(NC(=O)c3cccc4ccc(-c5cccc(C(F)(F)F)c5)nc34)C12. The quantitative estimate of drug-likeness (QED) is 0.435. The molecule has 1 aliphatic heterocycles. The van der Waals surface area contributed by atoms with Crippen molar-refractivity contribution in [1.82, 2.24) is 15.2 Å². The van der Waals surface area contributed by atoms with E-state index in [1.807, 2.05) is 12.1 Å². The van der Waals surface area contributed by atoms with Crippen molar-refractivity contribution in [3.05, 3.63) is 89.1 Å². The Kier molecular flexibility index (Phi) is 5.91. The van der Waals surface area contributed by atoms with Crippen LogP contribution in [-0.2, 0) is 6.18 Å². The van der Waals surface area contributed by atoms with Crippen molar-refractivity contribution >= 4 is 16.8 Å².